The molecule has 4 amide bonds. The molecule has 13 nitrogen and oxygen atoms in total. The van der Waals surface area contributed by atoms with Gasteiger partial charge in [-0.2, -0.15) is 16.7 Å². The van der Waals surface area contributed by atoms with Crippen LogP contribution >= 0.6 is 35.0 Å². The summed E-state index contributed by atoms with van der Waals surface area (Å²) in [7, 11) is 2.93. The summed E-state index contributed by atoms with van der Waals surface area (Å²) in [6.07, 6.45) is 13.1. The first-order valence-electron chi connectivity index (χ1n) is 21.5. The van der Waals surface area contributed by atoms with E-state index in [1.165, 1.54) is 55.3 Å². The van der Waals surface area contributed by atoms with Gasteiger partial charge in [-0.3, -0.25) is 14.6 Å². The Morgan fingerprint density at radius 2 is 1.51 bits per heavy atom. The number of halogens is 2. The third-order valence-corrected chi connectivity index (χ3v) is 11.9. The Labute approximate surface area is 386 Å². The smallest absolute Gasteiger partial charge is 0.407 e. The van der Waals surface area contributed by atoms with Gasteiger partial charge >= 0.3 is 12.1 Å². The fourth-order valence-electron chi connectivity index (χ4n) is 6.99. The number of carbonyl (C=O) groups excluding carboxylic acids is 3. The number of methoxy groups -OCH3 is 2. The highest BCUT2D eigenvalue weighted by atomic mass is 35.5. The average Bonchev–Trinajstić information content (AvgIpc) is 3.23. The van der Waals surface area contributed by atoms with Crippen LogP contribution in [0.3, 0.4) is 0 Å². The fraction of sp³-hybridized carbons (Fsp3) is 0.468. The molecule has 3 aliphatic rings. The number of ether oxygens (including phenoxy) is 3. The van der Waals surface area contributed by atoms with Crippen LogP contribution in [-0.2, 0) is 28.4 Å². The number of hydrogen-bond acceptors (Lipinski definition) is 10. The largest absolute Gasteiger partial charge is 0.495 e. The molecule has 3 N–H and O–H groups in total. The van der Waals surface area contributed by atoms with Crippen LogP contribution in [0.15, 0.2) is 66.9 Å². The van der Waals surface area contributed by atoms with E-state index in [0.29, 0.717) is 29.4 Å². The van der Waals surface area contributed by atoms with Crippen molar-refractivity contribution in [3.63, 3.8) is 0 Å². The van der Waals surface area contributed by atoms with Crippen LogP contribution in [0.1, 0.15) is 102 Å². The number of hydrogen-bond donors (Lipinski definition) is 3. The van der Waals surface area contributed by atoms with Gasteiger partial charge in [-0.05, 0) is 63.1 Å². The molecule has 0 saturated heterocycles. The minimum Gasteiger partial charge on any atom is -0.495 e. The fourth-order valence-corrected chi connectivity index (χ4v) is 8.22. The van der Waals surface area contributed by atoms with Crippen LogP contribution in [0, 0.1) is 0 Å². The topological polar surface area (TPSA) is 147 Å². The number of aromatic nitrogens is 2. The monoisotopic (exact) mass is 921 g/mol. The normalized spacial score (nSPS) is 16.7. The average molecular weight is 923 g/mol. The van der Waals surface area contributed by atoms with E-state index >= 15 is 0 Å². The molecule has 1 aromatic heterocycles. The second-order valence-corrected chi connectivity index (χ2v) is 18.1. The van der Waals surface area contributed by atoms with Gasteiger partial charge in [-0.15, -0.1) is 0 Å². The Morgan fingerprint density at radius 1 is 0.873 bits per heavy atom. The molecule has 2 atom stereocenters. The molecule has 1 aliphatic heterocycles. The van der Waals surface area contributed by atoms with E-state index in [9.17, 15) is 14.4 Å². The molecule has 0 radical (unpaired) electrons. The highest BCUT2D eigenvalue weighted by Gasteiger charge is 2.37. The maximum atomic E-state index is 14.5. The van der Waals surface area contributed by atoms with Crippen molar-refractivity contribution < 1.29 is 28.6 Å². The van der Waals surface area contributed by atoms with Crippen molar-refractivity contribution in [2.45, 2.75) is 122 Å². The Kier molecular flexibility index (Phi) is 18.5. The van der Waals surface area contributed by atoms with Crippen molar-refractivity contribution in [2.24, 2.45) is 0 Å². The summed E-state index contributed by atoms with van der Waals surface area (Å²) in [6, 6.07) is 18.5. The van der Waals surface area contributed by atoms with Gasteiger partial charge in [-0.25, -0.2) is 14.6 Å². The van der Waals surface area contributed by atoms with E-state index < -0.39 is 17.7 Å². The van der Waals surface area contributed by atoms with E-state index in [-0.39, 0.29) is 58.3 Å². The van der Waals surface area contributed by atoms with Crippen LogP contribution in [0.2, 0.25) is 10.0 Å². The highest BCUT2D eigenvalue weighted by Crippen LogP contribution is 2.48. The van der Waals surface area contributed by atoms with Crippen molar-refractivity contribution in [3.8, 4) is 11.5 Å². The van der Waals surface area contributed by atoms with Crippen molar-refractivity contribution in [1.29, 1.82) is 0 Å². The predicted molar refractivity (Wildman–Crippen MR) is 256 cm³/mol. The number of alkyl carbamates (subject to hydrolysis) is 1. The second kappa shape index (κ2) is 23.7. The highest BCUT2D eigenvalue weighted by molar-refractivity contribution is 7.97. The molecule has 0 bridgehead atoms. The molecular weight excluding hydrogens is 862 g/mol. The SMILES string of the molecule is C1CCC1.CCC(=O)Nc1cccc(CN2C(=O)N(c3c(Cl)c(OC)cc(OC)c3Cl)Cc3cnc(NC4CCCCC4NC(=O)OC(C)(C)C)nc32)c1.CSCc1ccccc1. The number of fused-ring (bicyclic) bond motifs is 1. The Bertz CT molecular complexity index is 2120. The van der Waals surface area contributed by atoms with Crippen LogP contribution in [0.4, 0.5) is 32.7 Å². The van der Waals surface area contributed by atoms with Crippen LogP contribution in [0.25, 0.3) is 0 Å². The van der Waals surface area contributed by atoms with Gasteiger partial charge in [0.15, 0.2) is 0 Å². The number of amides is 4. The standard InChI is InChI=1S/C35H43Cl2N7O6.C8H10S.C4H8/c1-7-27(45)39-22-12-10-11-20(15-22)18-44-31-21(19-43(34(44)47)30-28(36)25(48-5)16-26(49-6)29(30)37)17-38-32(42-31)40-23-13-8-9-14-24(23)41-33(46)50-35(2,3)4;1-9-7-8-5-3-2-4-6-8;1-2-4-3-1/h10-12,15-17,23-24H,7-9,13-14,18-19H2,1-6H3,(H,39,45)(H,41,46)(H,38,40,42);2-6H,7H2,1H3;1-4H2. The van der Waals surface area contributed by atoms with Gasteiger partial charge in [0.2, 0.25) is 11.9 Å². The first-order valence-corrected chi connectivity index (χ1v) is 23.6. The number of urea groups is 1. The molecule has 63 heavy (non-hydrogen) atoms. The summed E-state index contributed by atoms with van der Waals surface area (Å²) in [4.78, 5) is 51.8. The van der Waals surface area contributed by atoms with Gasteiger partial charge in [0.1, 0.15) is 33.0 Å². The number of benzene rings is 3. The van der Waals surface area contributed by atoms with E-state index in [1.54, 1.807) is 25.3 Å². The number of nitrogens with one attached hydrogen (secondary N) is 3. The summed E-state index contributed by atoms with van der Waals surface area (Å²) < 4.78 is 16.5. The van der Waals surface area contributed by atoms with Crippen LogP contribution < -0.4 is 35.2 Å². The molecule has 16 heteroatoms. The number of anilines is 4. The van der Waals surface area contributed by atoms with E-state index in [0.717, 1.165) is 37.0 Å². The number of rotatable bonds is 12. The Hall–Kier alpha value is -4.92. The Morgan fingerprint density at radius 3 is 2.10 bits per heavy atom. The quantitative estimate of drug-likeness (QED) is 0.125. The number of thioether (sulfide) groups is 1. The van der Waals surface area contributed by atoms with Gasteiger partial charge < -0.3 is 30.2 Å². The zero-order valence-corrected chi connectivity index (χ0v) is 39.7. The summed E-state index contributed by atoms with van der Waals surface area (Å²) in [5.74, 6) is 2.26. The number of carbonyl (C=O) groups is 3. The molecule has 2 unspecified atom stereocenters. The third kappa shape index (κ3) is 14.0. The summed E-state index contributed by atoms with van der Waals surface area (Å²) in [6.45, 7) is 7.39. The van der Waals surface area contributed by atoms with Crippen LogP contribution in [-0.4, -0.2) is 66.2 Å². The number of nitrogens with zero attached hydrogens (tertiary/aromatic N) is 4. The van der Waals surface area contributed by atoms with E-state index in [2.05, 4.69) is 51.5 Å². The summed E-state index contributed by atoms with van der Waals surface area (Å²) in [5, 5.41) is 9.56. The van der Waals surface area contributed by atoms with Gasteiger partial charge in [-0.1, -0.05) is 111 Å². The molecule has 2 fully saturated rings. The molecule has 4 aromatic rings. The van der Waals surface area contributed by atoms with Crippen LogP contribution in [0.5, 0.6) is 11.5 Å². The summed E-state index contributed by atoms with van der Waals surface area (Å²) >= 11 is 15.4. The maximum Gasteiger partial charge on any atom is 0.407 e. The molecule has 7 rings (SSSR count). The molecule has 0 spiro atoms. The second-order valence-electron chi connectivity index (χ2n) is 16.5. The Balaban J connectivity index is 0.000000490. The van der Waals surface area contributed by atoms with Crippen molar-refractivity contribution >= 4 is 76.1 Å². The lowest BCUT2D eigenvalue weighted by Crippen LogP contribution is -2.50. The van der Waals surface area contributed by atoms with Gasteiger partial charge in [0, 0.05) is 41.7 Å². The van der Waals surface area contributed by atoms with Crippen molar-refractivity contribution in [3.05, 3.63) is 93.6 Å². The minimum absolute atomic E-state index is 0.0551. The van der Waals surface area contributed by atoms with E-state index in [1.807, 2.05) is 56.8 Å². The molecule has 3 aromatic carbocycles. The van der Waals surface area contributed by atoms with Gasteiger partial charge in [0.25, 0.3) is 0 Å². The first-order chi connectivity index (χ1) is 30.2. The molecule has 2 aliphatic carbocycles. The third-order valence-electron chi connectivity index (χ3n) is 10.5. The molecule has 2 saturated carbocycles. The minimum atomic E-state index is -0.626. The predicted octanol–water partition coefficient (Wildman–Crippen LogP) is 11.7. The first kappa shape index (κ1) is 49.1. The van der Waals surface area contributed by atoms with Crippen molar-refractivity contribution in [1.82, 2.24) is 15.3 Å². The maximum absolute atomic E-state index is 14.5. The van der Waals surface area contributed by atoms with Gasteiger partial charge in [0.05, 0.1) is 39.0 Å². The lowest BCUT2D eigenvalue weighted by Gasteiger charge is -2.37. The van der Waals surface area contributed by atoms with E-state index in [4.69, 9.17) is 42.4 Å². The molecule has 340 valence electrons. The summed E-state index contributed by atoms with van der Waals surface area (Å²) in [5.41, 5.74) is 2.97. The van der Waals surface area contributed by atoms with Crippen molar-refractivity contribution in [2.75, 3.05) is 40.9 Å². The molecule has 2 heterocycles. The molecular formula is C47H61Cl2N7O6S. The zero-order valence-electron chi connectivity index (χ0n) is 37.4. The zero-order chi connectivity index (χ0) is 45.5. The lowest BCUT2D eigenvalue weighted by atomic mass is 9.90. The lowest BCUT2D eigenvalue weighted by molar-refractivity contribution is -0.115.